The zero-order chi connectivity index (χ0) is 18.4. The fourth-order valence-corrected chi connectivity index (χ4v) is 3.50. The van der Waals surface area contributed by atoms with Gasteiger partial charge in [-0.2, -0.15) is 0 Å². The third-order valence-corrected chi connectivity index (χ3v) is 4.95. The fraction of sp³-hybridized carbons (Fsp3) is 0.353. The maximum absolute atomic E-state index is 12.3. The van der Waals surface area contributed by atoms with Crippen LogP contribution in [0.4, 0.5) is 16.3 Å². The van der Waals surface area contributed by atoms with E-state index in [9.17, 15) is 9.59 Å². The van der Waals surface area contributed by atoms with Crippen molar-refractivity contribution in [2.75, 3.05) is 36.5 Å². The summed E-state index contributed by atoms with van der Waals surface area (Å²) in [6.45, 7) is 2.99. The number of pyridine rings is 1. The van der Waals surface area contributed by atoms with E-state index < -0.39 is 12.1 Å². The molecule has 0 aromatic carbocycles. The summed E-state index contributed by atoms with van der Waals surface area (Å²) in [5.74, 6) is 0.635. The van der Waals surface area contributed by atoms with E-state index in [0.29, 0.717) is 18.9 Å². The van der Waals surface area contributed by atoms with Gasteiger partial charge in [0.2, 0.25) is 5.91 Å². The van der Waals surface area contributed by atoms with Crippen molar-refractivity contribution in [2.45, 2.75) is 12.5 Å². The Balaban J connectivity index is 1.58. The van der Waals surface area contributed by atoms with E-state index in [1.54, 1.807) is 6.20 Å². The van der Waals surface area contributed by atoms with Gasteiger partial charge >= 0.3 is 6.03 Å². The standard InChI is InChI=1S/C17H21N5O3S/c18-17(24)21-13(14-2-1-9-26-14)10-16(23)20-12-3-4-15(19-11-12)22-5-7-25-8-6-22/h1-4,9,11,13H,5-8,10H2,(H,20,23)(H3,18,21,24). The second-order valence-electron chi connectivity index (χ2n) is 5.83. The molecule has 0 bridgehead atoms. The Bertz CT molecular complexity index is 729. The lowest BCUT2D eigenvalue weighted by molar-refractivity contribution is -0.116. The summed E-state index contributed by atoms with van der Waals surface area (Å²) >= 11 is 1.46. The molecule has 1 aliphatic heterocycles. The zero-order valence-corrected chi connectivity index (χ0v) is 15.0. The second-order valence-corrected chi connectivity index (χ2v) is 6.81. The van der Waals surface area contributed by atoms with E-state index in [0.717, 1.165) is 23.8 Å². The maximum Gasteiger partial charge on any atom is 0.312 e. The van der Waals surface area contributed by atoms with Gasteiger partial charge in [-0.1, -0.05) is 6.07 Å². The monoisotopic (exact) mass is 375 g/mol. The number of primary amides is 1. The summed E-state index contributed by atoms with van der Waals surface area (Å²) < 4.78 is 5.33. The molecule has 26 heavy (non-hydrogen) atoms. The molecule has 4 N–H and O–H groups in total. The molecule has 0 radical (unpaired) electrons. The highest BCUT2D eigenvalue weighted by Crippen LogP contribution is 2.23. The third-order valence-electron chi connectivity index (χ3n) is 3.96. The van der Waals surface area contributed by atoms with E-state index in [1.807, 2.05) is 29.6 Å². The molecule has 1 atom stereocenters. The quantitative estimate of drug-likeness (QED) is 0.712. The van der Waals surface area contributed by atoms with Crippen LogP contribution in [0.25, 0.3) is 0 Å². The van der Waals surface area contributed by atoms with Crippen LogP contribution in [0.2, 0.25) is 0 Å². The van der Waals surface area contributed by atoms with E-state index in [-0.39, 0.29) is 12.3 Å². The molecule has 2 aromatic heterocycles. The molecular weight excluding hydrogens is 354 g/mol. The normalized spacial score (nSPS) is 15.3. The van der Waals surface area contributed by atoms with Crippen molar-refractivity contribution in [2.24, 2.45) is 5.73 Å². The highest BCUT2D eigenvalue weighted by molar-refractivity contribution is 7.10. The first-order valence-electron chi connectivity index (χ1n) is 8.30. The molecule has 8 nitrogen and oxygen atoms in total. The van der Waals surface area contributed by atoms with Crippen molar-refractivity contribution in [3.8, 4) is 0 Å². The van der Waals surface area contributed by atoms with Crippen LogP contribution in [0.1, 0.15) is 17.3 Å². The summed E-state index contributed by atoms with van der Waals surface area (Å²) in [5.41, 5.74) is 5.82. The summed E-state index contributed by atoms with van der Waals surface area (Å²) in [6, 6.07) is 6.30. The highest BCUT2D eigenvalue weighted by Gasteiger charge is 2.19. The number of ether oxygens (including phenoxy) is 1. The maximum atomic E-state index is 12.3. The molecule has 1 unspecified atom stereocenters. The molecule has 9 heteroatoms. The summed E-state index contributed by atoms with van der Waals surface area (Å²) in [5, 5.41) is 7.30. The molecule has 2 aromatic rings. The average molecular weight is 375 g/mol. The van der Waals surface area contributed by atoms with E-state index >= 15 is 0 Å². The van der Waals surface area contributed by atoms with Crippen molar-refractivity contribution in [3.05, 3.63) is 40.7 Å². The predicted octanol–water partition coefficient (Wildman–Crippen LogP) is 1.72. The number of rotatable bonds is 6. The molecule has 1 aliphatic rings. The fourth-order valence-electron chi connectivity index (χ4n) is 2.72. The van der Waals surface area contributed by atoms with Crippen molar-refractivity contribution in [3.63, 3.8) is 0 Å². The summed E-state index contributed by atoms with van der Waals surface area (Å²) in [7, 11) is 0. The molecule has 3 rings (SSSR count). The Morgan fingerprint density at radius 1 is 1.31 bits per heavy atom. The van der Waals surface area contributed by atoms with Gasteiger partial charge in [0.1, 0.15) is 5.82 Å². The van der Waals surface area contributed by atoms with Crippen LogP contribution in [0, 0.1) is 0 Å². The molecule has 0 spiro atoms. The van der Waals surface area contributed by atoms with Gasteiger partial charge in [0.25, 0.3) is 0 Å². The summed E-state index contributed by atoms with van der Waals surface area (Å²) in [6.07, 6.45) is 1.72. The Hall–Kier alpha value is -2.65. The molecule has 1 fully saturated rings. The number of hydrogen-bond donors (Lipinski definition) is 3. The molecule has 1 saturated heterocycles. The Labute approximate surface area is 155 Å². The van der Waals surface area contributed by atoms with Gasteiger partial charge in [-0.15, -0.1) is 11.3 Å². The van der Waals surface area contributed by atoms with Gasteiger partial charge in [-0.05, 0) is 23.6 Å². The number of nitrogens with two attached hydrogens (primary N) is 1. The lowest BCUT2D eigenvalue weighted by Crippen LogP contribution is -2.36. The number of urea groups is 1. The van der Waals surface area contributed by atoms with Crippen LogP contribution in [-0.2, 0) is 9.53 Å². The highest BCUT2D eigenvalue weighted by atomic mass is 32.1. The van der Waals surface area contributed by atoms with Crippen LogP contribution in [0.15, 0.2) is 35.8 Å². The van der Waals surface area contributed by atoms with Crippen molar-refractivity contribution in [1.82, 2.24) is 10.3 Å². The Kier molecular flexibility index (Phi) is 6.03. The minimum atomic E-state index is -0.660. The van der Waals surface area contributed by atoms with Gasteiger partial charge in [-0.25, -0.2) is 9.78 Å². The number of carbonyl (C=O) groups excluding carboxylic acids is 2. The number of aromatic nitrogens is 1. The van der Waals surface area contributed by atoms with E-state index in [4.69, 9.17) is 10.5 Å². The average Bonchev–Trinajstić information content (AvgIpc) is 3.17. The van der Waals surface area contributed by atoms with Crippen LogP contribution in [-0.4, -0.2) is 43.2 Å². The minimum Gasteiger partial charge on any atom is -0.378 e. The van der Waals surface area contributed by atoms with Gasteiger partial charge in [0, 0.05) is 18.0 Å². The number of anilines is 2. The number of hydrogen-bond acceptors (Lipinski definition) is 6. The third kappa shape index (κ3) is 4.93. The molecule has 0 saturated carbocycles. The number of morpholine rings is 1. The number of amides is 3. The Morgan fingerprint density at radius 3 is 2.73 bits per heavy atom. The van der Waals surface area contributed by atoms with Crippen LogP contribution in [0.3, 0.4) is 0 Å². The number of thiophene rings is 1. The molecule has 3 heterocycles. The van der Waals surface area contributed by atoms with Gasteiger partial charge in [0.15, 0.2) is 0 Å². The molecule has 138 valence electrons. The van der Waals surface area contributed by atoms with Gasteiger partial charge in [0.05, 0.1) is 37.6 Å². The number of carbonyl (C=O) groups is 2. The van der Waals surface area contributed by atoms with Crippen LogP contribution < -0.4 is 21.3 Å². The topological polar surface area (TPSA) is 110 Å². The SMILES string of the molecule is NC(=O)NC(CC(=O)Nc1ccc(N2CCOCC2)nc1)c1cccs1. The Morgan fingerprint density at radius 2 is 2.12 bits per heavy atom. The first-order chi connectivity index (χ1) is 12.6. The lowest BCUT2D eigenvalue weighted by atomic mass is 10.1. The summed E-state index contributed by atoms with van der Waals surface area (Å²) in [4.78, 5) is 30.9. The number of nitrogens with one attached hydrogen (secondary N) is 2. The smallest absolute Gasteiger partial charge is 0.312 e. The van der Waals surface area contributed by atoms with E-state index in [1.165, 1.54) is 11.3 Å². The zero-order valence-electron chi connectivity index (χ0n) is 14.2. The van der Waals surface area contributed by atoms with Crippen molar-refractivity contribution >= 4 is 34.8 Å². The molecule has 0 aliphatic carbocycles. The largest absolute Gasteiger partial charge is 0.378 e. The minimum absolute atomic E-state index is 0.0919. The van der Waals surface area contributed by atoms with E-state index in [2.05, 4.69) is 20.5 Å². The first-order valence-corrected chi connectivity index (χ1v) is 9.18. The van der Waals surface area contributed by atoms with Crippen LogP contribution >= 0.6 is 11.3 Å². The first kappa shape index (κ1) is 18.2. The van der Waals surface area contributed by atoms with Gasteiger partial charge < -0.3 is 26.0 Å². The molecular formula is C17H21N5O3S. The lowest BCUT2D eigenvalue weighted by Gasteiger charge is -2.27. The van der Waals surface area contributed by atoms with Gasteiger partial charge in [-0.3, -0.25) is 4.79 Å². The number of nitrogens with zero attached hydrogens (tertiary/aromatic N) is 2. The van der Waals surface area contributed by atoms with Crippen LogP contribution in [0.5, 0.6) is 0 Å². The van der Waals surface area contributed by atoms with Crippen molar-refractivity contribution in [1.29, 1.82) is 0 Å². The predicted molar refractivity (Wildman–Crippen MR) is 100 cm³/mol. The molecule has 3 amide bonds. The second kappa shape index (κ2) is 8.63. The van der Waals surface area contributed by atoms with Crippen molar-refractivity contribution < 1.29 is 14.3 Å².